The Morgan fingerprint density at radius 1 is 1.12 bits per heavy atom. The predicted octanol–water partition coefficient (Wildman–Crippen LogP) is 3.03. The molecule has 1 atom stereocenters. The monoisotopic (exact) mass is 230 g/mol. The molecule has 0 bridgehead atoms. The molecular weight excluding hydrogens is 208 g/mol. The molecule has 2 nitrogen and oxygen atoms in total. The Balaban J connectivity index is 1.65. The summed E-state index contributed by atoms with van der Waals surface area (Å²) < 4.78 is 0. The fourth-order valence-corrected chi connectivity index (χ4v) is 3.55. The van der Waals surface area contributed by atoms with Gasteiger partial charge in [-0.2, -0.15) is 0 Å². The average molecular weight is 230 g/mol. The van der Waals surface area contributed by atoms with E-state index in [1.807, 2.05) is 12.3 Å². The van der Waals surface area contributed by atoms with E-state index in [0.717, 1.165) is 18.5 Å². The van der Waals surface area contributed by atoms with Gasteiger partial charge in [0, 0.05) is 30.4 Å². The van der Waals surface area contributed by atoms with Crippen molar-refractivity contribution in [3.05, 3.63) is 30.1 Å². The van der Waals surface area contributed by atoms with Crippen LogP contribution < -0.4 is 0 Å². The van der Waals surface area contributed by atoms with Crippen molar-refractivity contribution in [3.63, 3.8) is 0 Å². The third kappa shape index (κ3) is 2.52. The van der Waals surface area contributed by atoms with E-state index in [4.69, 9.17) is 0 Å². The van der Waals surface area contributed by atoms with Gasteiger partial charge in [0.25, 0.3) is 0 Å². The molecule has 1 aromatic heterocycles. The average Bonchev–Trinajstić information content (AvgIpc) is 3.00. The molecule has 2 fully saturated rings. The van der Waals surface area contributed by atoms with Crippen LogP contribution >= 0.6 is 0 Å². The molecule has 0 N–H and O–H groups in total. The SMILES string of the molecule is c1ccc(CC2CCCN2C2CCCC2)nc1. The van der Waals surface area contributed by atoms with Crippen LogP contribution in [0.15, 0.2) is 24.4 Å². The van der Waals surface area contributed by atoms with E-state index in [0.29, 0.717) is 0 Å². The molecule has 0 radical (unpaired) electrons. The van der Waals surface area contributed by atoms with Crippen molar-refractivity contribution in [2.24, 2.45) is 0 Å². The summed E-state index contributed by atoms with van der Waals surface area (Å²) in [5, 5.41) is 0. The fraction of sp³-hybridized carbons (Fsp3) is 0.667. The Bertz CT molecular complexity index is 343. The largest absolute Gasteiger partial charge is 0.297 e. The van der Waals surface area contributed by atoms with E-state index in [9.17, 15) is 0 Å². The second-order valence-electron chi connectivity index (χ2n) is 5.50. The van der Waals surface area contributed by atoms with Crippen LogP contribution in [-0.4, -0.2) is 28.5 Å². The van der Waals surface area contributed by atoms with E-state index < -0.39 is 0 Å². The van der Waals surface area contributed by atoms with Crippen LogP contribution in [0.3, 0.4) is 0 Å². The molecule has 0 aromatic carbocycles. The third-order valence-electron chi connectivity index (χ3n) is 4.39. The van der Waals surface area contributed by atoms with E-state index in [2.05, 4.69) is 22.0 Å². The van der Waals surface area contributed by atoms with Gasteiger partial charge >= 0.3 is 0 Å². The Morgan fingerprint density at radius 2 is 2.00 bits per heavy atom. The van der Waals surface area contributed by atoms with Gasteiger partial charge in [-0.05, 0) is 44.4 Å². The molecule has 1 aromatic rings. The second kappa shape index (κ2) is 5.18. The topological polar surface area (TPSA) is 16.1 Å². The smallest absolute Gasteiger partial charge is 0.0419 e. The molecule has 92 valence electrons. The first-order valence-electron chi connectivity index (χ1n) is 7.09. The predicted molar refractivity (Wildman–Crippen MR) is 69.9 cm³/mol. The minimum Gasteiger partial charge on any atom is -0.297 e. The first kappa shape index (κ1) is 11.2. The van der Waals surface area contributed by atoms with Gasteiger partial charge in [-0.3, -0.25) is 9.88 Å². The first-order chi connectivity index (χ1) is 8.43. The van der Waals surface area contributed by atoms with E-state index in [1.54, 1.807) is 0 Å². The van der Waals surface area contributed by atoms with Crippen LogP contribution in [0.2, 0.25) is 0 Å². The van der Waals surface area contributed by atoms with Gasteiger partial charge in [-0.1, -0.05) is 18.9 Å². The summed E-state index contributed by atoms with van der Waals surface area (Å²) in [4.78, 5) is 7.26. The molecule has 3 rings (SSSR count). The third-order valence-corrected chi connectivity index (χ3v) is 4.39. The summed E-state index contributed by atoms with van der Waals surface area (Å²) in [6.45, 7) is 1.32. The Morgan fingerprint density at radius 3 is 2.76 bits per heavy atom. The molecule has 1 unspecified atom stereocenters. The van der Waals surface area contributed by atoms with Gasteiger partial charge in [-0.25, -0.2) is 0 Å². The lowest BCUT2D eigenvalue weighted by Crippen LogP contribution is -2.38. The molecule has 1 saturated carbocycles. The Hall–Kier alpha value is -0.890. The number of likely N-dealkylation sites (tertiary alicyclic amines) is 1. The maximum atomic E-state index is 4.48. The maximum absolute atomic E-state index is 4.48. The molecule has 1 aliphatic carbocycles. The number of aromatic nitrogens is 1. The summed E-state index contributed by atoms with van der Waals surface area (Å²) in [7, 11) is 0. The molecule has 0 amide bonds. The van der Waals surface area contributed by atoms with Gasteiger partial charge < -0.3 is 0 Å². The zero-order chi connectivity index (χ0) is 11.5. The van der Waals surface area contributed by atoms with Crippen LogP contribution in [0.4, 0.5) is 0 Å². The minimum absolute atomic E-state index is 0.757. The van der Waals surface area contributed by atoms with Crippen molar-refractivity contribution in [2.75, 3.05) is 6.54 Å². The standard InChI is InChI=1S/C15H22N2/c1-2-8-14(7-1)17-11-5-9-15(17)12-13-6-3-4-10-16-13/h3-4,6,10,14-15H,1-2,5,7-9,11-12H2. The van der Waals surface area contributed by atoms with Crippen LogP contribution in [0.25, 0.3) is 0 Å². The van der Waals surface area contributed by atoms with Crippen molar-refractivity contribution < 1.29 is 0 Å². The maximum Gasteiger partial charge on any atom is 0.0419 e. The van der Waals surface area contributed by atoms with Gasteiger partial charge in [0.1, 0.15) is 0 Å². The number of pyridine rings is 1. The van der Waals surface area contributed by atoms with Crippen molar-refractivity contribution in [1.29, 1.82) is 0 Å². The number of hydrogen-bond donors (Lipinski definition) is 0. The van der Waals surface area contributed by atoms with Crippen molar-refractivity contribution in [1.82, 2.24) is 9.88 Å². The molecule has 0 spiro atoms. The Kier molecular flexibility index (Phi) is 3.41. The number of rotatable bonds is 3. The lowest BCUT2D eigenvalue weighted by molar-refractivity contribution is 0.180. The van der Waals surface area contributed by atoms with Gasteiger partial charge in [-0.15, -0.1) is 0 Å². The molecule has 1 aliphatic heterocycles. The summed E-state index contributed by atoms with van der Waals surface area (Å²) in [5.41, 5.74) is 1.27. The number of nitrogens with zero attached hydrogens (tertiary/aromatic N) is 2. The van der Waals surface area contributed by atoms with Gasteiger partial charge in [0.15, 0.2) is 0 Å². The first-order valence-corrected chi connectivity index (χ1v) is 7.09. The fourth-order valence-electron chi connectivity index (χ4n) is 3.55. The lowest BCUT2D eigenvalue weighted by Gasteiger charge is -2.30. The summed E-state index contributed by atoms with van der Waals surface area (Å²) >= 11 is 0. The molecule has 17 heavy (non-hydrogen) atoms. The molecule has 2 heterocycles. The molecule has 2 aliphatic rings. The van der Waals surface area contributed by atoms with Crippen molar-refractivity contribution in [2.45, 2.75) is 57.0 Å². The molecule has 1 saturated heterocycles. The summed E-state index contributed by atoms with van der Waals surface area (Å²) in [5.74, 6) is 0. The zero-order valence-electron chi connectivity index (χ0n) is 10.5. The Labute approximate surface area is 104 Å². The molecular formula is C15H22N2. The van der Waals surface area contributed by atoms with E-state index >= 15 is 0 Å². The minimum atomic E-state index is 0.757. The molecule has 2 heteroatoms. The van der Waals surface area contributed by atoms with E-state index in [1.165, 1.54) is 50.8 Å². The summed E-state index contributed by atoms with van der Waals surface area (Å²) in [6, 6.07) is 7.93. The lowest BCUT2D eigenvalue weighted by atomic mass is 10.1. The van der Waals surface area contributed by atoms with Crippen LogP contribution in [-0.2, 0) is 6.42 Å². The quantitative estimate of drug-likeness (QED) is 0.793. The van der Waals surface area contributed by atoms with Crippen LogP contribution in [0.5, 0.6) is 0 Å². The van der Waals surface area contributed by atoms with Gasteiger partial charge in [0.05, 0.1) is 0 Å². The highest BCUT2D eigenvalue weighted by Crippen LogP contribution is 2.31. The van der Waals surface area contributed by atoms with Gasteiger partial charge in [0.2, 0.25) is 0 Å². The van der Waals surface area contributed by atoms with E-state index in [-0.39, 0.29) is 0 Å². The van der Waals surface area contributed by atoms with Crippen LogP contribution in [0.1, 0.15) is 44.2 Å². The highest BCUT2D eigenvalue weighted by molar-refractivity contribution is 5.06. The highest BCUT2D eigenvalue weighted by atomic mass is 15.2. The van der Waals surface area contributed by atoms with Crippen molar-refractivity contribution >= 4 is 0 Å². The zero-order valence-corrected chi connectivity index (χ0v) is 10.5. The van der Waals surface area contributed by atoms with Crippen LogP contribution in [0, 0.1) is 0 Å². The van der Waals surface area contributed by atoms with Crippen molar-refractivity contribution in [3.8, 4) is 0 Å². The highest BCUT2D eigenvalue weighted by Gasteiger charge is 2.32. The normalized spacial score (nSPS) is 26.7. The summed E-state index contributed by atoms with van der Waals surface area (Å²) in [6.07, 6.45) is 11.6. The number of hydrogen-bond acceptors (Lipinski definition) is 2. The second-order valence-corrected chi connectivity index (χ2v) is 5.50.